The molecule has 0 heterocycles. The van der Waals surface area contributed by atoms with Crippen LogP contribution in [0.1, 0.15) is 89.5 Å². The van der Waals surface area contributed by atoms with Gasteiger partial charge in [0.05, 0.1) is 18.8 Å². The SMILES string of the molecule is CCCCCCCCCCCCC/C=C/[C@@H](O)[C@H](CO)NCc1ccccc1. The van der Waals surface area contributed by atoms with E-state index in [4.69, 9.17) is 0 Å². The predicted molar refractivity (Wildman–Crippen MR) is 120 cm³/mol. The van der Waals surface area contributed by atoms with Gasteiger partial charge in [-0.25, -0.2) is 0 Å². The van der Waals surface area contributed by atoms with E-state index < -0.39 is 6.10 Å². The molecule has 3 N–H and O–H groups in total. The zero-order valence-electron chi connectivity index (χ0n) is 18.0. The predicted octanol–water partition coefficient (Wildman–Crippen LogP) is 5.76. The average molecular weight is 390 g/mol. The van der Waals surface area contributed by atoms with Gasteiger partial charge in [-0.3, -0.25) is 0 Å². The van der Waals surface area contributed by atoms with Crippen LogP contribution in [0.2, 0.25) is 0 Å². The highest BCUT2D eigenvalue weighted by Gasteiger charge is 2.14. The van der Waals surface area contributed by atoms with Crippen LogP contribution in [0.15, 0.2) is 42.5 Å². The topological polar surface area (TPSA) is 52.5 Å². The fourth-order valence-electron chi connectivity index (χ4n) is 3.43. The maximum Gasteiger partial charge on any atom is 0.0896 e. The Bertz CT molecular complexity index is 475. The molecule has 0 unspecified atom stereocenters. The Morgan fingerprint density at radius 3 is 2.00 bits per heavy atom. The second-order valence-electron chi connectivity index (χ2n) is 7.90. The van der Waals surface area contributed by atoms with Crippen LogP contribution in [-0.2, 0) is 6.54 Å². The van der Waals surface area contributed by atoms with E-state index >= 15 is 0 Å². The third kappa shape index (κ3) is 13.1. The van der Waals surface area contributed by atoms with E-state index in [9.17, 15) is 10.2 Å². The number of aliphatic hydroxyl groups excluding tert-OH is 2. The Hall–Kier alpha value is -1.16. The van der Waals surface area contributed by atoms with Gasteiger partial charge in [0.25, 0.3) is 0 Å². The molecule has 0 spiro atoms. The zero-order valence-corrected chi connectivity index (χ0v) is 18.0. The van der Waals surface area contributed by atoms with E-state index in [-0.39, 0.29) is 12.6 Å². The maximum atomic E-state index is 10.3. The van der Waals surface area contributed by atoms with E-state index in [0.717, 1.165) is 12.0 Å². The van der Waals surface area contributed by atoms with Crippen LogP contribution in [0, 0.1) is 0 Å². The number of rotatable bonds is 18. The molecule has 1 aromatic rings. The van der Waals surface area contributed by atoms with E-state index in [1.54, 1.807) is 0 Å². The molecule has 0 aliphatic heterocycles. The van der Waals surface area contributed by atoms with E-state index in [1.807, 2.05) is 36.4 Å². The molecule has 0 radical (unpaired) electrons. The van der Waals surface area contributed by atoms with E-state index in [0.29, 0.717) is 6.54 Å². The molecular weight excluding hydrogens is 346 g/mol. The highest BCUT2D eigenvalue weighted by atomic mass is 16.3. The molecule has 0 saturated heterocycles. The summed E-state index contributed by atoms with van der Waals surface area (Å²) in [6, 6.07) is 9.73. The summed E-state index contributed by atoms with van der Waals surface area (Å²) in [6.07, 6.45) is 19.1. The molecule has 1 rings (SSSR count). The minimum atomic E-state index is -0.651. The molecule has 0 amide bonds. The summed E-state index contributed by atoms with van der Waals surface area (Å²) < 4.78 is 0. The van der Waals surface area contributed by atoms with Gasteiger partial charge in [0, 0.05) is 6.54 Å². The van der Waals surface area contributed by atoms with Gasteiger partial charge in [-0.15, -0.1) is 0 Å². The van der Waals surface area contributed by atoms with Crippen molar-refractivity contribution in [3.63, 3.8) is 0 Å². The summed E-state index contributed by atoms with van der Waals surface area (Å²) in [6.45, 7) is 2.84. The monoisotopic (exact) mass is 389 g/mol. The maximum absolute atomic E-state index is 10.3. The third-order valence-electron chi connectivity index (χ3n) is 5.33. The van der Waals surface area contributed by atoms with Gasteiger partial charge in [0.15, 0.2) is 0 Å². The lowest BCUT2D eigenvalue weighted by atomic mass is 10.0. The number of hydrogen-bond donors (Lipinski definition) is 3. The van der Waals surface area contributed by atoms with Crippen LogP contribution < -0.4 is 5.32 Å². The average Bonchev–Trinajstić information content (AvgIpc) is 2.72. The van der Waals surface area contributed by atoms with Crippen molar-refractivity contribution in [2.45, 2.75) is 103 Å². The van der Waals surface area contributed by atoms with Gasteiger partial charge in [-0.05, 0) is 18.4 Å². The molecule has 3 heteroatoms. The summed E-state index contributed by atoms with van der Waals surface area (Å²) in [4.78, 5) is 0. The first-order valence-corrected chi connectivity index (χ1v) is 11.5. The van der Waals surface area contributed by atoms with Crippen molar-refractivity contribution in [2.24, 2.45) is 0 Å². The lowest BCUT2D eigenvalue weighted by Gasteiger charge is -2.20. The van der Waals surface area contributed by atoms with Crippen LogP contribution in [-0.4, -0.2) is 29.0 Å². The molecule has 0 aliphatic carbocycles. The van der Waals surface area contributed by atoms with Crippen molar-refractivity contribution in [2.75, 3.05) is 6.61 Å². The molecule has 2 atom stereocenters. The number of benzene rings is 1. The minimum Gasteiger partial charge on any atom is -0.395 e. The summed E-state index contributed by atoms with van der Waals surface area (Å²) >= 11 is 0. The van der Waals surface area contributed by atoms with Crippen molar-refractivity contribution < 1.29 is 10.2 Å². The summed E-state index contributed by atoms with van der Waals surface area (Å²) in [5.74, 6) is 0. The fraction of sp³-hybridized carbons (Fsp3) is 0.680. The largest absolute Gasteiger partial charge is 0.395 e. The van der Waals surface area contributed by atoms with Crippen molar-refractivity contribution in [1.82, 2.24) is 5.32 Å². The van der Waals surface area contributed by atoms with Crippen LogP contribution >= 0.6 is 0 Å². The van der Waals surface area contributed by atoms with Gasteiger partial charge < -0.3 is 15.5 Å². The van der Waals surface area contributed by atoms with Gasteiger partial charge in [0.1, 0.15) is 0 Å². The Kier molecular flexibility index (Phi) is 15.9. The number of allylic oxidation sites excluding steroid dienone is 1. The summed E-state index contributed by atoms with van der Waals surface area (Å²) in [5, 5.41) is 23.0. The van der Waals surface area contributed by atoms with Crippen LogP contribution in [0.3, 0.4) is 0 Å². The summed E-state index contributed by atoms with van der Waals surface area (Å²) in [5.41, 5.74) is 1.15. The van der Waals surface area contributed by atoms with Crippen molar-refractivity contribution in [1.29, 1.82) is 0 Å². The summed E-state index contributed by atoms with van der Waals surface area (Å²) in [7, 11) is 0. The van der Waals surface area contributed by atoms with Crippen molar-refractivity contribution in [3.05, 3.63) is 48.0 Å². The fourth-order valence-corrected chi connectivity index (χ4v) is 3.43. The van der Waals surface area contributed by atoms with Gasteiger partial charge in [-0.1, -0.05) is 114 Å². The normalized spacial score (nSPS) is 13.8. The zero-order chi connectivity index (χ0) is 20.3. The molecule has 28 heavy (non-hydrogen) atoms. The van der Waals surface area contributed by atoms with Crippen LogP contribution in [0.5, 0.6) is 0 Å². The Morgan fingerprint density at radius 2 is 1.43 bits per heavy atom. The van der Waals surface area contributed by atoms with E-state index in [2.05, 4.69) is 18.3 Å². The molecule has 0 saturated carbocycles. The first-order valence-electron chi connectivity index (χ1n) is 11.5. The first-order chi connectivity index (χ1) is 13.8. The molecule has 0 aliphatic rings. The Balaban J connectivity index is 2.01. The molecule has 0 fully saturated rings. The van der Waals surface area contributed by atoms with E-state index in [1.165, 1.54) is 70.6 Å². The quantitative estimate of drug-likeness (QED) is 0.221. The lowest BCUT2D eigenvalue weighted by Crippen LogP contribution is -2.41. The highest BCUT2D eigenvalue weighted by molar-refractivity contribution is 5.14. The number of nitrogens with one attached hydrogen (secondary N) is 1. The second kappa shape index (κ2) is 17.9. The minimum absolute atomic E-state index is 0.0726. The Morgan fingerprint density at radius 1 is 0.857 bits per heavy atom. The molecule has 160 valence electrons. The molecular formula is C25H43NO2. The van der Waals surface area contributed by atoms with Gasteiger partial charge in [-0.2, -0.15) is 0 Å². The third-order valence-corrected chi connectivity index (χ3v) is 5.33. The van der Waals surface area contributed by atoms with Crippen LogP contribution in [0.4, 0.5) is 0 Å². The Labute approximate surface area is 173 Å². The molecule has 0 aromatic heterocycles. The lowest BCUT2D eigenvalue weighted by molar-refractivity contribution is 0.122. The van der Waals surface area contributed by atoms with Crippen molar-refractivity contribution in [3.8, 4) is 0 Å². The van der Waals surface area contributed by atoms with Gasteiger partial charge >= 0.3 is 0 Å². The number of unbranched alkanes of at least 4 members (excludes halogenated alkanes) is 11. The first kappa shape index (κ1) is 24.9. The highest BCUT2D eigenvalue weighted by Crippen LogP contribution is 2.12. The number of hydrogen-bond acceptors (Lipinski definition) is 3. The second-order valence-corrected chi connectivity index (χ2v) is 7.90. The number of aliphatic hydroxyl groups is 2. The molecule has 0 bridgehead atoms. The smallest absolute Gasteiger partial charge is 0.0896 e. The van der Waals surface area contributed by atoms with Crippen molar-refractivity contribution >= 4 is 0 Å². The van der Waals surface area contributed by atoms with Gasteiger partial charge in [0.2, 0.25) is 0 Å². The molecule has 3 nitrogen and oxygen atoms in total. The molecule has 1 aromatic carbocycles. The standard InChI is InChI=1S/C25H43NO2/c1-2-3-4-5-6-7-8-9-10-11-12-13-17-20-25(28)24(22-27)26-21-23-18-15-14-16-19-23/h14-20,24-28H,2-13,21-22H2,1H3/b20-17+/t24-,25+/m0/s1. The van der Waals surface area contributed by atoms with Crippen LogP contribution in [0.25, 0.3) is 0 Å².